The molecule has 0 aliphatic heterocycles. The fourth-order valence-corrected chi connectivity index (χ4v) is 6.08. The van der Waals surface area contributed by atoms with Crippen molar-refractivity contribution in [1.29, 1.82) is 0 Å². The molecule has 0 fully saturated rings. The first kappa shape index (κ1) is 25.3. The van der Waals surface area contributed by atoms with Crippen molar-refractivity contribution in [1.82, 2.24) is 14.3 Å². The molecule has 15 heteroatoms. The summed E-state index contributed by atoms with van der Waals surface area (Å²) in [6.45, 7) is 0. The molecular weight excluding hydrogens is 533 g/mol. The van der Waals surface area contributed by atoms with E-state index in [0.29, 0.717) is 17.0 Å². The number of hydrogen-bond donors (Lipinski definition) is 3. The first-order chi connectivity index (χ1) is 16.9. The van der Waals surface area contributed by atoms with Gasteiger partial charge in [0.1, 0.15) is 10.0 Å². The van der Waals surface area contributed by atoms with Gasteiger partial charge in [0, 0.05) is 36.0 Å². The lowest BCUT2D eigenvalue weighted by molar-refractivity contribution is 0.256. The Kier molecular flexibility index (Phi) is 6.55. The number of nitrogens with one attached hydrogen (secondary N) is 3. The van der Waals surface area contributed by atoms with Crippen LogP contribution in [0.25, 0.3) is 16.6 Å². The average Bonchev–Trinajstić information content (AvgIpc) is 3.26. The van der Waals surface area contributed by atoms with Crippen molar-refractivity contribution < 1.29 is 26.0 Å². The normalized spacial score (nSPS) is 11.9. The molecule has 2 amide bonds. The van der Waals surface area contributed by atoms with Crippen LogP contribution in [0.5, 0.6) is 0 Å². The van der Waals surface area contributed by atoms with Gasteiger partial charge in [0.05, 0.1) is 16.8 Å². The minimum Gasteiger partial charge on any atom is -0.388 e. The molecule has 0 aliphatic carbocycles. The Labute approximate surface area is 208 Å². The number of sulfone groups is 1. The summed E-state index contributed by atoms with van der Waals surface area (Å²) in [6.07, 6.45) is 3.36. The molecule has 0 atom stereocenters. The van der Waals surface area contributed by atoms with E-state index in [4.69, 9.17) is 0 Å². The van der Waals surface area contributed by atoms with E-state index < -0.39 is 36.6 Å². The number of halogens is 1. The molecule has 0 aliphatic rings. The molecule has 3 N–H and O–H groups in total. The van der Waals surface area contributed by atoms with Crippen molar-refractivity contribution >= 4 is 59.4 Å². The van der Waals surface area contributed by atoms with E-state index in [0.717, 1.165) is 29.2 Å². The maximum absolute atomic E-state index is 13.1. The van der Waals surface area contributed by atoms with Gasteiger partial charge in [-0.05, 0) is 42.5 Å². The van der Waals surface area contributed by atoms with Gasteiger partial charge in [0.25, 0.3) is 15.6 Å². The number of amides is 2. The smallest absolute Gasteiger partial charge is 0.333 e. The van der Waals surface area contributed by atoms with Crippen LogP contribution in [0, 0.1) is 5.13 Å². The Balaban J connectivity index is 1.64. The molecule has 1 aromatic carbocycles. The lowest BCUT2D eigenvalue weighted by atomic mass is 10.1. The zero-order valence-corrected chi connectivity index (χ0v) is 21.1. The van der Waals surface area contributed by atoms with E-state index >= 15 is 0 Å². The summed E-state index contributed by atoms with van der Waals surface area (Å²) >= 11 is 0.361. The Morgan fingerprint density at radius 3 is 2.33 bits per heavy atom. The zero-order chi connectivity index (χ0) is 26.3. The minimum absolute atomic E-state index is 0.0668. The molecule has 0 saturated carbocycles. The molecule has 3 aromatic heterocycles. The molecule has 0 bridgehead atoms. The maximum atomic E-state index is 13.1. The average molecular weight is 552 g/mol. The summed E-state index contributed by atoms with van der Waals surface area (Å²) in [6, 6.07) is 8.28. The molecule has 188 valence electrons. The van der Waals surface area contributed by atoms with Crippen LogP contribution in [0.15, 0.2) is 68.8 Å². The predicted molar refractivity (Wildman–Crippen MR) is 134 cm³/mol. The van der Waals surface area contributed by atoms with Crippen molar-refractivity contribution in [2.75, 3.05) is 23.9 Å². The standard InChI is InChI=1S/C21H18FN5O6S3/c1-23-12-3-5-14-15(9-12)16(35(2,30)31)11-27(20(14)28)18-7-4-13(10-24-18)25-21(29)26-36(32,33)19-8-6-17(22)34-19/h3-11,23H,1-2H3,(H2,25,26,29). The monoisotopic (exact) mass is 551 g/mol. The van der Waals surface area contributed by atoms with Gasteiger partial charge >= 0.3 is 6.03 Å². The first-order valence-corrected chi connectivity index (χ1v) is 14.2. The second-order valence-electron chi connectivity index (χ2n) is 7.47. The summed E-state index contributed by atoms with van der Waals surface area (Å²) in [5.74, 6) is 0.0668. The minimum atomic E-state index is -4.27. The number of hydrogen-bond acceptors (Lipinski definition) is 9. The van der Waals surface area contributed by atoms with E-state index in [1.165, 1.54) is 24.4 Å². The number of pyridine rings is 2. The second kappa shape index (κ2) is 9.33. The molecule has 0 radical (unpaired) electrons. The van der Waals surface area contributed by atoms with Gasteiger partial charge in [-0.3, -0.25) is 9.36 Å². The lowest BCUT2D eigenvalue weighted by Gasteiger charge is -2.13. The third-order valence-corrected chi connectivity index (χ3v) is 8.78. The fraction of sp³-hybridized carbons (Fsp3) is 0.0952. The zero-order valence-electron chi connectivity index (χ0n) is 18.6. The van der Waals surface area contributed by atoms with Crippen LogP contribution in [0.2, 0.25) is 0 Å². The van der Waals surface area contributed by atoms with Gasteiger partial charge in [-0.15, -0.1) is 0 Å². The highest BCUT2D eigenvalue weighted by Crippen LogP contribution is 2.25. The number of benzene rings is 1. The Hall–Kier alpha value is -3.82. The number of rotatable bonds is 6. The maximum Gasteiger partial charge on any atom is 0.333 e. The molecule has 3 heterocycles. The molecule has 4 rings (SSSR count). The van der Waals surface area contributed by atoms with E-state index in [2.05, 4.69) is 15.6 Å². The van der Waals surface area contributed by atoms with Gasteiger partial charge in [0.2, 0.25) is 0 Å². The molecule has 0 saturated heterocycles. The van der Waals surface area contributed by atoms with Crippen LogP contribution >= 0.6 is 11.3 Å². The van der Waals surface area contributed by atoms with Gasteiger partial charge in [-0.1, -0.05) is 11.3 Å². The third kappa shape index (κ3) is 5.07. The van der Waals surface area contributed by atoms with Gasteiger partial charge in [-0.25, -0.2) is 31.3 Å². The van der Waals surface area contributed by atoms with Crippen LogP contribution in [-0.4, -0.2) is 45.7 Å². The molecule has 4 aromatic rings. The predicted octanol–water partition coefficient (Wildman–Crippen LogP) is 2.54. The van der Waals surface area contributed by atoms with Gasteiger partial charge < -0.3 is 10.6 Å². The van der Waals surface area contributed by atoms with Gasteiger partial charge in [0.15, 0.2) is 15.0 Å². The topological polar surface area (TPSA) is 156 Å². The first-order valence-electron chi connectivity index (χ1n) is 10.0. The van der Waals surface area contributed by atoms with Crippen molar-refractivity contribution in [2.24, 2.45) is 0 Å². The number of urea groups is 1. The number of anilines is 2. The summed E-state index contributed by atoms with van der Waals surface area (Å²) in [7, 11) is -6.33. The molecular formula is C21H18FN5O6S3. The summed E-state index contributed by atoms with van der Waals surface area (Å²) in [4.78, 5) is 29.2. The summed E-state index contributed by atoms with van der Waals surface area (Å²) < 4.78 is 64.8. The second-order valence-corrected chi connectivity index (χ2v) is 12.4. The van der Waals surface area contributed by atoms with E-state index in [9.17, 15) is 30.8 Å². The van der Waals surface area contributed by atoms with E-state index in [-0.39, 0.29) is 31.4 Å². The number of aromatic nitrogens is 2. The van der Waals surface area contributed by atoms with Crippen LogP contribution in [0.1, 0.15) is 0 Å². The van der Waals surface area contributed by atoms with Crippen molar-refractivity contribution in [3.8, 4) is 5.82 Å². The highest BCUT2D eigenvalue weighted by molar-refractivity contribution is 7.92. The SMILES string of the molecule is CNc1ccc2c(=O)n(-c3ccc(NC(=O)NS(=O)(=O)c4ccc(F)s4)cn3)cc(S(C)(=O)=O)c2c1. The quantitative estimate of drug-likeness (QED) is 0.330. The van der Waals surface area contributed by atoms with Gasteiger partial charge in [-0.2, -0.15) is 4.39 Å². The number of thiophene rings is 1. The largest absolute Gasteiger partial charge is 0.388 e. The van der Waals surface area contributed by atoms with Crippen LogP contribution in [0.3, 0.4) is 0 Å². The number of carbonyl (C=O) groups is 1. The van der Waals surface area contributed by atoms with Crippen molar-refractivity contribution in [2.45, 2.75) is 9.10 Å². The van der Waals surface area contributed by atoms with Crippen molar-refractivity contribution in [3.63, 3.8) is 0 Å². The number of fused-ring (bicyclic) bond motifs is 1. The number of nitrogens with zero attached hydrogens (tertiary/aromatic N) is 2. The van der Waals surface area contributed by atoms with Crippen molar-refractivity contribution in [3.05, 3.63) is 70.3 Å². The highest BCUT2D eigenvalue weighted by Gasteiger charge is 2.21. The molecule has 36 heavy (non-hydrogen) atoms. The molecule has 11 nitrogen and oxygen atoms in total. The van der Waals surface area contributed by atoms with Crippen LogP contribution < -0.4 is 20.9 Å². The van der Waals surface area contributed by atoms with Crippen LogP contribution in [0.4, 0.5) is 20.6 Å². The third-order valence-electron chi connectivity index (χ3n) is 4.96. The number of sulfonamides is 1. The highest BCUT2D eigenvalue weighted by atomic mass is 32.2. The Morgan fingerprint density at radius 2 is 1.75 bits per heavy atom. The van der Waals surface area contributed by atoms with E-state index in [1.807, 2.05) is 0 Å². The molecule has 0 spiro atoms. The summed E-state index contributed by atoms with van der Waals surface area (Å²) in [5.41, 5.74) is 0.197. The summed E-state index contributed by atoms with van der Waals surface area (Å²) in [5, 5.41) is 4.87. The molecule has 0 unspecified atom stereocenters. The van der Waals surface area contributed by atoms with E-state index in [1.54, 1.807) is 23.9 Å². The number of carbonyl (C=O) groups excluding carboxylic acids is 1. The Bertz CT molecular complexity index is 1760. The fourth-order valence-electron chi connectivity index (χ4n) is 3.30. The van der Waals surface area contributed by atoms with Crippen LogP contribution in [-0.2, 0) is 19.9 Å². The Morgan fingerprint density at radius 1 is 1.03 bits per heavy atom. The lowest BCUT2D eigenvalue weighted by Crippen LogP contribution is -2.34.